The van der Waals surface area contributed by atoms with Crippen LogP contribution in [-0.4, -0.2) is 24.8 Å². The predicted molar refractivity (Wildman–Crippen MR) is 88.7 cm³/mol. The number of nitrogens with one attached hydrogen (secondary N) is 1. The van der Waals surface area contributed by atoms with E-state index in [2.05, 4.69) is 10.3 Å². The van der Waals surface area contributed by atoms with Crippen molar-refractivity contribution in [3.63, 3.8) is 0 Å². The Hall–Kier alpha value is -3.15. The molecule has 0 saturated carbocycles. The van der Waals surface area contributed by atoms with Gasteiger partial charge in [-0.2, -0.15) is 0 Å². The first-order valence-electron chi connectivity index (χ1n) is 7.23. The van der Waals surface area contributed by atoms with E-state index in [4.69, 9.17) is 5.73 Å². The monoisotopic (exact) mass is 308 g/mol. The maximum absolute atomic E-state index is 12.0. The van der Waals surface area contributed by atoms with Crippen molar-refractivity contribution >= 4 is 29.7 Å². The summed E-state index contributed by atoms with van der Waals surface area (Å²) in [7, 11) is 0. The van der Waals surface area contributed by atoms with Gasteiger partial charge >= 0.3 is 0 Å². The number of rotatable bonds is 3. The maximum Gasteiger partial charge on any atom is 0.257 e. The van der Waals surface area contributed by atoms with Gasteiger partial charge in [0.05, 0.1) is 5.69 Å². The fraction of sp³-hybridized carbons (Fsp3) is 0.118. The summed E-state index contributed by atoms with van der Waals surface area (Å²) in [5.41, 5.74) is 8.82. The van der Waals surface area contributed by atoms with E-state index in [9.17, 15) is 9.59 Å². The summed E-state index contributed by atoms with van der Waals surface area (Å²) in [4.78, 5) is 28.8. The summed E-state index contributed by atoms with van der Waals surface area (Å²) in [6, 6.07) is 14.3. The number of nitrogens with zero attached hydrogens (tertiary/aromatic N) is 2. The zero-order valence-electron chi connectivity index (χ0n) is 12.4. The molecule has 0 aliphatic carbocycles. The van der Waals surface area contributed by atoms with Gasteiger partial charge < -0.3 is 10.6 Å². The summed E-state index contributed by atoms with van der Waals surface area (Å²) in [5, 5.41) is 2.54. The molecule has 3 N–H and O–H groups in total. The van der Waals surface area contributed by atoms with Gasteiger partial charge in [-0.25, -0.2) is 4.99 Å². The van der Waals surface area contributed by atoms with Gasteiger partial charge in [0.15, 0.2) is 0 Å². The van der Waals surface area contributed by atoms with E-state index >= 15 is 0 Å². The van der Waals surface area contributed by atoms with Gasteiger partial charge in [0.25, 0.3) is 5.91 Å². The smallest absolute Gasteiger partial charge is 0.257 e. The quantitative estimate of drug-likeness (QED) is 0.512. The number of benzene rings is 2. The number of guanidine groups is 1. The summed E-state index contributed by atoms with van der Waals surface area (Å²) < 4.78 is 0. The standard InChI is InChI=1S/C17H16N4O2/c18-17(20-16(23)13-4-2-1-3-5-13)19-14-7-6-12-8-9-21(11-22)15(12)10-14/h1-7,10-11H,8-9H2,(H3,18,19,20,23). The van der Waals surface area contributed by atoms with E-state index in [-0.39, 0.29) is 11.9 Å². The van der Waals surface area contributed by atoms with Crippen LogP contribution in [0.5, 0.6) is 0 Å². The van der Waals surface area contributed by atoms with Crippen LogP contribution in [0.1, 0.15) is 15.9 Å². The van der Waals surface area contributed by atoms with Crippen molar-refractivity contribution in [3.8, 4) is 0 Å². The molecular weight excluding hydrogens is 292 g/mol. The van der Waals surface area contributed by atoms with Crippen molar-refractivity contribution in [2.24, 2.45) is 10.7 Å². The molecule has 0 saturated heterocycles. The molecule has 1 heterocycles. The van der Waals surface area contributed by atoms with Crippen molar-refractivity contribution < 1.29 is 9.59 Å². The molecule has 0 spiro atoms. The van der Waals surface area contributed by atoms with E-state index < -0.39 is 0 Å². The fourth-order valence-corrected chi connectivity index (χ4v) is 2.52. The second-order valence-corrected chi connectivity index (χ2v) is 5.18. The molecule has 0 bridgehead atoms. The van der Waals surface area contributed by atoms with Crippen LogP contribution in [0.15, 0.2) is 53.5 Å². The van der Waals surface area contributed by atoms with Crippen LogP contribution >= 0.6 is 0 Å². The van der Waals surface area contributed by atoms with E-state index in [0.29, 0.717) is 17.8 Å². The molecule has 6 heteroatoms. The molecule has 116 valence electrons. The van der Waals surface area contributed by atoms with Crippen LogP contribution in [0.25, 0.3) is 0 Å². The van der Waals surface area contributed by atoms with Gasteiger partial charge in [0, 0.05) is 17.8 Å². The van der Waals surface area contributed by atoms with E-state index in [0.717, 1.165) is 24.1 Å². The van der Waals surface area contributed by atoms with E-state index in [1.54, 1.807) is 35.2 Å². The first-order chi connectivity index (χ1) is 11.2. The largest absolute Gasteiger partial charge is 0.369 e. The Balaban J connectivity index is 1.76. The van der Waals surface area contributed by atoms with Gasteiger partial charge in [0.2, 0.25) is 12.4 Å². The third-order valence-corrected chi connectivity index (χ3v) is 3.65. The summed E-state index contributed by atoms with van der Waals surface area (Å²) >= 11 is 0. The van der Waals surface area contributed by atoms with E-state index in [1.165, 1.54) is 0 Å². The third kappa shape index (κ3) is 3.21. The van der Waals surface area contributed by atoms with Crippen molar-refractivity contribution in [1.82, 2.24) is 5.32 Å². The van der Waals surface area contributed by atoms with Crippen molar-refractivity contribution in [1.29, 1.82) is 0 Å². The molecule has 23 heavy (non-hydrogen) atoms. The number of carbonyl (C=O) groups excluding carboxylic acids is 2. The molecule has 1 aliphatic heterocycles. The Morgan fingerprint density at radius 3 is 2.74 bits per heavy atom. The van der Waals surface area contributed by atoms with Crippen molar-refractivity contribution in [2.75, 3.05) is 11.4 Å². The Kier molecular flexibility index (Phi) is 4.05. The second-order valence-electron chi connectivity index (χ2n) is 5.18. The lowest BCUT2D eigenvalue weighted by atomic mass is 10.1. The highest BCUT2D eigenvalue weighted by atomic mass is 16.2. The molecule has 0 fully saturated rings. The number of nitrogens with two attached hydrogens (primary N) is 1. The third-order valence-electron chi connectivity index (χ3n) is 3.65. The Bertz CT molecular complexity index is 771. The van der Waals surface area contributed by atoms with Crippen molar-refractivity contribution in [3.05, 3.63) is 59.7 Å². The average Bonchev–Trinajstić information content (AvgIpc) is 2.97. The van der Waals surface area contributed by atoms with Gasteiger partial charge in [-0.1, -0.05) is 24.3 Å². The van der Waals surface area contributed by atoms with Crippen LogP contribution < -0.4 is 16.0 Å². The Morgan fingerprint density at radius 2 is 2.00 bits per heavy atom. The first kappa shape index (κ1) is 14.8. The molecule has 0 atom stereocenters. The number of aliphatic imine (C=N–C) groups is 1. The summed E-state index contributed by atoms with van der Waals surface area (Å²) in [6.07, 6.45) is 1.64. The molecule has 0 unspecified atom stereocenters. The van der Waals surface area contributed by atoms with Gasteiger partial charge in [-0.05, 0) is 36.2 Å². The molecule has 2 aromatic carbocycles. The minimum Gasteiger partial charge on any atom is -0.369 e. The van der Waals surface area contributed by atoms with Crippen LogP contribution in [0.2, 0.25) is 0 Å². The molecule has 3 rings (SSSR count). The Labute approximate surface area is 133 Å². The molecule has 2 amide bonds. The second kappa shape index (κ2) is 6.31. The van der Waals surface area contributed by atoms with Crippen LogP contribution in [0.4, 0.5) is 11.4 Å². The summed E-state index contributed by atoms with van der Waals surface area (Å²) in [5.74, 6) is -0.308. The number of hydrogen-bond acceptors (Lipinski definition) is 3. The maximum atomic E-state index is 12.0. The highest BCUT2D eigenvalue weighted by Crippen LogP contribution is 2.30. The lowest BCUT2D eigenvalue weighted by Gasteiger charge is -2.10. The summed E-state index contributed by atoms with van der Waals surface area (Å²) in [6.45, 7) is 0.673. The number of hydrogen-bond donors (Lipinski definition) is 2. The number of anilines is 1. The SMILES string of the molecule is NC(=Nc1ccc2c(c1)N(C=O)CC2)NC(=O)c1ccccc1. The minimum absolute atomic E-state index is 0.00875. The highest BCUT2D eigenvalue weighted by Gasteiger charge is 2.18. The van der Waals surface area contributed by atoms with Crippen LogP contribution in [0, 0.1) is 0 Å². The molecular formula is C17H16N4O2. The number of amides is 2. The first-order valence-corrected chi connectivity index (χ1v) is 7.23. The number of fused-ring (bicyclic) bond motifs is 1. The lowest BCUT2D eigenvalue weighted by molar-refractivity contribution is -0.107. The Morgan fingerprint density at radius 1 is 1.22 bits per heavy atom. The lowest BCUT2D eigenvalue weighted by Crippen LogP contribution is -2.36. The predicted octanol–water partition coefficient (Wildman–Crippen LogP) is 1.58. The minimum atomic E-state index is -0.317. The molecule has 0 aromatic heterocycles. The fourth-order valence-electron chi connectivity index (χ4n) is 2.52. The zero-order valence-corrected chi connectivity index (χ0v) is 12.4. The van der Waals surface area contributed by atoms with Gasteiger partial charge in [0.1, 0.15) is 0 Å². The van der Waals surface area contributed by atoms with Crippen molar-refractivity contribution in [2.45, 2.75) is 6.42 Å². The highest BCUT2D eigenvalue weighted by molar-refractivity contribution is 6.05. The van der Waals surface area contributed by atoms with Gasteiger partial charge in [-0.15, -0.1) is 0 Å². The molecule has 2 aromatic rings. The van der Waals surface area contributed by atoms with E-state index in [1.807, 2.05) is 18.2 Å². The normalized spacial score (nSPS) is 13.6. The molecule has 1 aliphatic rings. The topological polar surface area (TPSA) is 87.8 Å². The average molecular weight is 308 g/mol. The zero-order chi connectivity index (χ0) is 16.2. The van der Waals surface area contributed by atoms with Crippen LogP contribution in [0.3, 0.4) is 0 Å². The molecule has 6 nitrogen and oxygen atoms in total. The molecule has 0 radical (unpaired) electrons. The van der Waals surface area contributed by atoms with Crippen LogP contribution in [-0.2, 0) is 11.2 Å². The number of carbonyl (C=O) groups is 2. The van der Waals surface area contributed by atoms with Gasteiger partial charge in [-0.3, -0.25) is 14.9 Å².